The second kappa shape index (κ2) is 4.17. The second-order valence-corrected chi connectivity index (χ2v) is 4.79. The van der Waals surface area contributed by atoms with Gasteiger partial charge in [0.1, 0.15) is 5.78 Å². The topological polar surface area (TPSA) is 75.3 Å². The molecule has 76 valence electrons. The van der Waals surface area contributed by atoms with Crippen LogP contribution in [0.25, 0.3) is 0 Å². The number of nitrogens with one attached hydrogen (secondary N) is 2. The molecular formula is C7H14N2O3S. The van der Waals surface area contributed by atoms with Crippen LogP contribution < -0.4 is 9.44 Å². The molecule has 6 heteroatoms. The molecule has 0 saturated heterocycles. The van der Waals surface area contributed by atoms with Crippen LogP contribution >= 0.6 is 0 Å². The highest BCUT2D eigenvalue weighted by Gasteiger charge is 2.21. The summed E-state index contributed by atoms with van der Waals surface area (Å²) in [4.78, 5) is 10.9. The molecule has 5 nitrogen and oxygen atoms in total. The van der Waals surface area contributed by atoms with Crippen LogP contribution in [0.1, 0.15) is 25.7 Å². The Morgan fingerprint density at radius 1 is 1.31 bits per heavy atom. The quantitative estimate of drug-likeness (QED) is 0.657. The van der Waals surface area contributed by atoms with Crippen molar-refractivity contribution in [2.45, 2.75) is 31.7 Å². The Bertz CT molecular complexity index is 276. The molecule has 2 N–H and O–H groups in total. The van der Waals surface area contributed by atoms with Crippen molar-refractivity contribution in [3.8, 4) is 0 Å². The monoisotopic (exact) mass is 206 g/mol. The van der Waals surface area contributed by atoms with Crippen molar-refractivity contribution < 1.29 is 13.2 Å². The van der Waals surface area contributed by atoms with Gasteiger partial charge >= 0.3 is 0 Å². The third-order valence-electron chi connectivity index (χ3n) is 2.13. The minimum absolute atomic E-state index is 0.0878. The van der Waals surface area contributed by atoms with Crippen LogP contribution in [0.15, 0.2) is 0 Å². The lowest BCUT2D eigenvalue weighted by molar-refractivity contribution is -0.120. The van der Waals surface area contributed by atoms with E-state index in [-0.39, 0.29) is 11.8 Å². The molecule has 1 fully saturated rings. The molecule has 0 aliphatic heterocycles. The summed E-state index contributed by atoms with van der Waals surface area (Å²) in [5, 5.41) is 0. The summed E-state index contributed by atoms with van der Waals surface area (Å²) in [7, 11) is -1.99. The van der Waals surface area contributed by atoms with E-state index in [1.165, 1.54) is 7.05 Å². The lowest BCUT2D eigenvalue weighted by atomic mass is 9.95. The number of Topliss-reactive ketones (excluding diaryl/α,β-unsaturated/α-hetero) is 1. The van der Waals surface area contributed by atoms with Crippen molar-refractivity contribution in [2.75, 3.05) is 7.05 Å². The maximum atomic E-state index is 11.0. The van der Waals surface area contributed by atoms with E-state index in [4.69, 9.17) is 0 Å². The smallest absolute Gasteiger partial charge is 0.276 e. The van der Waals surface area contributed by atoms with Gasteiger partial charge in [0.05, 0.1) is 0 Å². The highest BCUT2D eigenvalue weighted by atomic mass is 32.2. The van der Waals surface area contributed by atoms with Gasteiger partial charge in [-0.1, -0.05) is 0 Å². The molecule has 1 saturated carbocycles. The zero-order chi connectivity index (χ0) is 9.90. The third-order valence-corrected chi connectivity index (χ3v) is 3.31. The lowest BCUT2D eigenvalue weighted by Crippen LogP contribution is -2.42. The Hall–Kier alpha value is -0.460. The first-order valence-corrected chi connectivity index (χ1v) is 5.74. The van der Waals surface area contributed by atoms with Crippen molar-refractivity contribution in [2.24, 2.45) is 0 Å². The van der Waals surface area contributed by atoms with Crippen molar-refractivity contribution in [3.63, 3.8) is 0 Å². The van der Waals surface area contributed by atoms with Crippen LogP contribution in [0.2, 0.25) is 0 Å². The van der Waals surface area contributed by atoms with Crippen LogP contribution in [0.3, 0.4) is 0 Å². The molecule has 0 amide bonds. The fourth-order valence-corrected chi connectivity index (χ4v) is 2.13. The first-order chi connectivity index (χ1) is 6.03. The summed E-state index contributed by atoms with van der Waals surface area (Å²) in [5.74, 6) is 0.222. The minimum atomic E-state index is -3.35. The molecule has 0 unspecified atom stereocenters. The van der Waals surface area contributed by atoms with E-state index < -0.39 is 10.2 Å². The zero-order valence-electron chi connectivity index (χ0n) is 7.54. The number of carbonyl (C=O) groups is 1. The molecule has 0 heterocycles. The number of rotatable bonds is 3. The van der Waals surface area contributed by atoms with Crippen molar-refractivity contribution in [3.05, 3.63) is 0 Å². The second-order valence-electron chi connectivity index (χ2n) is 3.14. The van der Waals surface area contributed by atoms with Gasteiger partial charge < -0.3 is 0 Å². The Morgan fingerprint density at radius 3 is 2.31 bits per heavy atom. The van der Waals surface area contributed by atoms with E-state index in [1.807, 2.05) is 0 Å². The van der Waals surface area contributed by atoms with E-state index in [0.717, 1.165) is 0 Å². The lowest BCUT2D eigenvalue weighted by Gasteiger charge is -2.21. The SMILES string of the molecule is CNS(=O)(=O)NC1CCC(=O)CC1. The molecule has 0 aromatic carbocycles. The molecule has 13 heavy (non-hydrogen) atoms. The van der Waals surface area contributed by atoms with Crippen LogP contribution in [0.5, 0.6) is 0 Å². The largest absolute Gasteiger partial charge is 0.300 e. The predicted octanol–water partition coefficient (Wildman–Crippen LogP) is -0.448. The van der Waals surface area contributed by atoms with E-state index >= 15 is 0 Å². The summed E-state index contributed by atoms with van der Waals surface area (Å²) in [6.07, 6.45) is 2.19. The molecule has 0 spiro atoms. The van der Waals surface area contributed by atoms with E-state index in [1.54, 1.807) is 0 Å². The Morgan fingerprint density at radius 2 is 1.85 bits per heavy atom. The first kappa shape index (κ1) is 10.6. The molecule has 0 atom stereocenters. The zero-order valence-corrected chi connectivity index (χ0v) is 8.36. The molecular weight excluding hydrogens is 192 g/mol. The number of carbonyl (C=O) groups excluding carboxylic acids is 1. The highest BCUT2D eigenvalue weighted by Crippen LogP contribution is 2.14. The van der Waals surface area contributed by atoms with Gasteiger partial charge in [-0.2, -0.15) is 13.1 Å². The normalized spacial score (nSPS) is 20.5. The Kier molecular flexibility index (Phi) is 3.40. The molecule has 1 aliphatic rings. The number of hydrogen-bond donors (Lipinski definition) is 2. The molecule has 0 bridgehead atoms. The summed E-state index contributed by atoms with van der Waals surface area (Å²) >= 11 is 0. The Balaban J connectivity index is 2.43. The highest BCUT2D eigenvalue weighted by molar-refractivity contribution is 7.87. The number of hydrogen-bond acceptors (Lipinski definition) is 3. The van der Waals surface area contributed by atoms with E-state index in [2.05, 4.69) is 9.44 Å². The fraction of sp³-hybridized carbons (Fsp3) is 0.857. The third kappa shape index (κ3) is 3.41. The minimum Gasteiger partial charge on any atom is -0.300 e. The molecule has 1 rings (SSSR count). The summed E-state index contributed by atoms with van der Waals surface area (Å²) in [6.45, 7) is 0. The van der Waals surface area contributed by atoms with Gasteiger partial charge in [0.25, 0.3) is 10.2 Å². The van der Waals surface area contributed by atoms with Gasteiger partial charge in [-0.3, -0.25) is 4.79 Å². The summed E-state index contributed by atoms with van der Waals surface area (Å²) < 4.78 is 26.7. The van der Waals surface area contributed by atoms with Crippen LogP contribution in [-0.2, 0) is 15.0 Å². The number of ketones is 1. The van der Waals surface area contributed by atoms with Crippen molar-refractivity contribution in [1.29, 1.82) is 0 Å². The average Bonchev–Trinajstić information content (AvgIpc) is 2.09. The van der Waals surface area contributed by atoms with Crippen LogP contribution in [0.4, 0.5) is 0 Å². The maximum Gasteiger partial charge on any atom is 0.276 e. The van der Waals surface area contributed by atoms with E-state index in [0.29, 0.717) is 25.7 Å². The summed E-state index contributed by atoms with van der Waals surface area (Å²) in [5.41, 5.74) is 0. The Labute approximate surface area is 78.1 Å². The molecule has 0 aromatic rings. The van der Waals surface area contributed by atoms with Gasteiger partial charge in [-0.15, -0.1) is 0 Å². The van der Waals surface area contributed by atoms with Gasteiger partial charge in [-0.05, 0) is 12.8 Å². The van der Waals surface area contributed by atoms with Crippen molar-refractivity contribution in [1.82, 2.24) is 9.44 Å². The van der Waals surface area contributed by atoms with E-state index in [9.17, 15) is 13.2 Å². The molecule has 0 radical (unpaired) electrons. The van der Waals surface area contributed by atoms with Crippen molar-refractivity contribution >= 4 is 16.0 Å². The van der Waals surface area contributed by atoms with Crippen LogP contribution in [-0.4, -0.2) is 27.3 Å². The fourth-order valence-electron chi connectivity index (χ4n) is 1.34. The van der Waals surface area contributed by atoms with Gasteiger partial charge in [0, 0.05) is 25.9 Å². The average molecular weight is 206 g/mol. The predicted molar refractivity (Wildman–Crippen MR) is 48.4 cm³/mol. The van der Waals surface area contributed by atoms with Crippen LogP contribution in [0, 0.1) is 0 Å². The van der Waals surface area contributed by atoms with Gasteiger partial charge in [-0.25, -0.2) is 4.72 Å². The summed E-state index contributed by atoms with van der Waals surface area (Å²) in [6, 6.07) is -0.0878. The molecule has 1 aliphatic carbocycles. The first-order valence-electron chi connectivity index (χ1n) is 4.26. The molecule has 0 aromatic heterocycles. The standard InChI is InChI=1S/C7H14N2O3S/c1-8-13(11,12)9-6-2-4-7(10)5-3-6/h6,8-9H,2-5H2,1H3. The van der Waals surface area contributed by atoms with Gasteiger partial charge in [0.2, 0.25) is 0 Å². The maximum absolute atomic E-state index is 11.0. The van der Waals surface area contributed by atoms with Gasteiger partial charge in [0.15, 0.2) is 0 Å².